The Bertz CT molecular complexity index is 959. The van der Waals surface area contributed by atoms with Gasteiger partial charge in [-0.25, -0.2) is 14.4 Å². The van der Waals surface area contributed by atoms with Crippen LogP contribution in [0.2, 0.25) is 0 Å². The van der Waals surface area contributed by atoms with Crippen molar-refractivity contribution in [3.05, 3.63) is 72.3 Å². The molecule has 3 aromatic rings. The number of carbonyl (C=O) groups excluding carboxylic acids is 1. The minimum absolute atomic E-state index is 0.0444. The van der Waals surface area contributed by atoms with Crippen LogP contribution in [-0.4, -0.2) is 33.9 Å². The maximum atomic E-state index is 13.5. The van der Waals surface area contributed by atoms with Gasteiger partial charge in [-0.1, -0.05) is 25.5 Å². The van der Waals surface area contributed by atoms with E-state index < -0.39 is 0 Å². The quantitative estimate of drug-likeness (QED) is 0.566. The normalized spacial score (nSPS) is 10.6. The predicted octanol–water partition coefficient (Wildman–Crippen LogP) is 5.29. The number of unbranched alkanes of at least 4 members (excludes halogenated alkanes) is 1. The molecule has 0 bridgehead atoms. The Morgan fingerprint density at radius 3 is 2.55 bits per heavy atom. The fraction of sp³-hybridized carbons (Fsp3) is 0.261. The zero-order chi connectivity index (χ0) is 20.6. The highest BCUT2D eigenvalue weighted by Crippen LogP contribution is 2.22. The third-order valence-electron chi connectivity index (χ3n) is 4.64. The van der Waals surface area contributed by atoms with E-state index in [2.05, 4.69) is 22.2 Å². The molecular formula is C23H25FN4O. The number of nitrogens with one attached hydrogen (secondary N) is 1. The van der Waals surface area contributed by atoms with Gasteiger partial charge in [-0.15, -0.1) is 0 Å². The lowest BCUT2D eigenvalue weighted by Crippen LogP contribution is -2.31. The molecule has 150 valence electrons. The molecule has 1 N–H and O–H groups in total. The average Bonchev–Trinajstić information content (AvgIpc) is 2.75. The second-order valence-corrected chi connectivity index (χ2v) is 6.74. The average molecular weight is 392 g/mol. The van der Waals surface area contributed by atoms with Gasteiger partial charge in [-0.2, -0.15) is 0 Å². The molecule has 0 radical (unpaired) electrons. The SMILES string of the molecule is CCCCN(CC)C(=O)c1ccc(Nc2cc(-c3cccc(F)c3)ncn2)cc1. The molecule has 0 fully saturated rings. The standard InChI is InChI=1S/C23H25FN4O/c1-3-5-13-28(4-2)23(29)17-9-11-20(12-10-17)27-22-15-21(25-16-26-22)18-7-6-8-19(24)14-18/h6-12,14-16H,3-5,13H2,1-2H3,(H,25,26,27). The molecule has 3 rings (SSSR count). The van der Waals surface area contributed by atoms with Crippen molar-refractivity contribution in [3.8, 4) is 11.3 Å². The third kappa shape index (κ3) is 5.38. The van der Waals surface area contributed by atoms with Crippen molar-refractivity contribution in [2.45, 2.75) is 26.7 Å². The maximum absolute atomic E-state index is 13.5. The fourth-order valence-corrected chi connectivity index (χ4v) is 3.01. The number of anilines is 2. The molecule has 0 aliphatic heterocycles. The summed E-state index contributed by atoms with van der Waals surface area (Å²) in [5.74, 6) is 0.329. The molecule has 0 saturated heterocycles. The summed E-state index contributed by atoms with van der Waals surface area (Å²) in [6, 6.07) is 15.4. The van der Waals surface area contributed by atoms with Crippen molar-refractivity contribution < 1.29 is 9.18 Å². The highest BCUT2D eigenvalue weighted by atomic mass is 19.1. The van der Waals surface area contributed by atoms with Crippen LogP contribution in [0, 0.1) is 5.82 Å². The fourth-order valence-electron chi connectivity index (χ4n) is 3.01. The Hall–Kier alpha value is -3.28. The molecule has 0 aliphatic rings. The van der Waals surface area contributed by atoms with E-state index >= 15 is 0 Å². The van der Waals surface area contributed by atoms with Gasteiger partial charge in [0, 0.05) is 36.0 Å². The Morgan fingerprint density at radius 1 is 1.07 bits per heavy atom. The zero-order valence-corrected chi connectivity index (χ0v) is 16.7. The molecule has 0 saturated carbocycles. The lowest BCUT2D eigenvalue weighted by Gasteiger charge is -2.20. The van der Waals surface area contributed by atoms with Gasteiger partial charge in [0.25, 0.3) is 5.91 Å². The number of nitrogens with zero attached hydrogens (tertiary/aromatic N) is 3. The van der Waals surface area contributed by atoms with Gasteiger partial charge < -0.3 is 10.2 Å². The summed E-state index contributed by atoms with van der Waals surface area (Å²) < 4.78 is 13.5. The van der Waals surface area contributed by atoms with E-state index in [4.69, 9.17) is 0 Å². The molecule has 6 heteroatoms. The summed E-state index contributed by atoms with van der Waals surface area (Å²) in [5, 5.41) is 3.20. The predicted molar refractivity (Wildman–Crippen MR) is 114 cm³/mol. The summed E-state index contributed by atoms with van der Waals surface area (Å²) in [5.41, 5.74) is 2.78. The largest absolute Gasteiger partial charge is 0.340 e. The number of halogens is 1. The van der Waals surface area contributed by atoms with Gasteiger partial charge in [0.15, 0.2) is 0 Å². The number of benzene rings is 2. The molecular weight excluding hydrogens is 367 g/mol. The van der Waals surface area contributed by atoms with E-state index in [-0.39, 0.29) is 11.7 Å². The molecule has 1 aromatic heterocycles. The first-order valence-electron chi connectivity index (χ1n) is 9.85. The van der Waals surface area contributed by atoms with Gasteiger partial charge in [0.2, 0.25) is 0 Å². The number of hydrogen-bond donors (Lipinski definition) is 1. The van der Waals surface area contributed by atoms with Gasteiger partial charge in [0.1, 0.15) is 18.0 Å². The first-order chi connectivity index (χ1) is 14.1. The highest BCUT2D eigenvalue weighted by Gasteiger charge is 2.13. The Kier molecular flexibility index (Phi) is 6.89. The minimum atomic E-state index is -0.309. The van der Waals surface area contributed by atoms with E-state index in [1.807, 2.05) is 36.1 Å². The van der Waals surface area contributed by atoms with Crippen molar-refractivity contribution in [1.29, 1.82) is 0 Å². The van der Waals surface area contributed by atoms with E-state index in [0.717, 1.165) is 25.1 Å². The zero-order valence-electron chi connectivity index (χ0n) is 16.7. The number of amides is 1. The number of hydrogen-bond acceptors (Lipinski definition) is 4. The van der Waals surface area contributed by atoms with Crippen molar-refractivity contribution in [1.82, 2.24) is 14.9 Å². The minimum Gasteiger partial charge on any atom is -0.340 e. The number of rotatable bonds is 8. The Balaban J connectivity index is 1.71. The van der Waals surface area contributed by atoms with Crippen LogP contribution < -0.4 is 5.32 Å². The third-order valence-corrected chi connectivity index (χ3v) is 4.64. The molecule has 29 heavy (non-hydrogen) atoms. The maximum Gasteiger partial charge on any atom is 0.253 e. The molecule has 1 amide bonds. The molecule has 0 unspecified atom stereocenters. The molecule has 0 atom stereocenters. The van der Waals surface area contributed by atoms with Gasteiger partial charge in [-0.3, -0.25) is 4.79 Å². The van der Waals surface area contributed by atoms with Gasteiger partial charge >= 0.3 is 0 Å². The number of aromatic nitrogens is 2. The first kappa shape index (κ1) is 20.5. The summed E-state index contributed by atoms with van der Waals surface area (Å²) >= 11 is 0. The van der Waals surface area contributed by atoms with Gasteiger partial charge in [-0.05, 0) is 49.7 Å². The topological polar surface area (TPSA) is 58.1 Å². The van der Waals surface area contributed by atoms with Crippen molar-refractivity contribution in [3.63, 3.8) is 0 Å². The van der Waals surface area contributed by atoms with Crippen LogP contribution in [0.25, 0.3) is 11.3 Å². The van der Waals surface area contributed by atoms with E-state index in [1.165, 1.54) is 18.5 Å². The van der Waals surface area contributed by atoms with Crippen LogP contribution >= 0.6 is 0 Å². The molecule has 5 nitrogen and oxygen atoms in total. The molecule has 0 aliphatic carbocycles. The van der Waals surface area contributed by atoms with E-state index in [9.17, 15) is 9.18 Å². The summed E-state index contributed by atoms with van der Waals surface area (Å²) in [6.07, 6.45) is 3.50. The van der Waals surface area contributed by atoms with Crippen molar-refractivity contribution in [2.24, 2.45) is 0 Å². The van der Waals surface area contributed by atoms with Crippen LogP contribution in [0.5, 0.6) is 0 Å². The van der Waals surface area contributed by atoms with Gasteiger partial charge in [0.05, 0.1) is 5.69 Å². The van der Waals surface area contributed by atoms with Crippen molar-refractivity contribution in [2.75, 3.05) is 18.4 Å². The van der Waals surface area contributed by atoms with E-state index in [1.54, 1.807) is 18.2 Å². The summed E-state index contributed by atoms with van der Waals surface area (Å²) in [7, 11) is 0. The van der Waals surface area contributed by atoms with Crippen LogP contribution in [0.1, 0.15) is 37.0 Å². The lowest BCUT2D eigenvalue weighted by molar-refractivity contribution is 0.0762. The van der Waals surface area contributed by atoms with Crippen LogP contribution in [0.4, 0.5) is 15.9 Å². The molecule has 1 heterocycles. The smallest absolute Gasteiger partial charge is 0.253 e. The van der Waals surface area contributed by atoms with Crippen LogP contribution in [-0.2, 0) is 0 Å². The molecule has 0 spiro atoms. The highest BCUT2D eigenvalue weighted by molar-refractivity contribution is 5.94. The second-order valence-electron chi connectivity index (χ2n) is 6.74. The Labute approximate surface area is 170 Å². The second kappa shape index (κ2) is 9.78. The summed E-state index contributed by atoms with van der Waals surface area (Å²) in [6.45, 7) is 5.58. The number of carbonyl (C=O) groups is 1. The summed E-state index contributed by atoms with van der Waals surface area (Å²) in [4.78, 5) is 22.9. The van der Waals surface area contributed by atoms with Crippen LogP contribution in [0.3, 0.4) is 0 Å². The van der Waals surface area contributed by atoms with Crippen molar-refractivity contribution >= 4 is 17.4 Å². The monoisotopic (exact) mass is 392 g/mol. The first-order valence-corrected chi connectivity index (χ1v) is 9.85. The van der Waals surface area contributed by atoms with E-state index in [0.29, 0.717) is 29.2 Å². The molecule has 2 aromatic carbocycles. The lowest BCUT2D eigenvalue weighted by atomic mass is 10.1. The Morgan fingerprint density at radius 2 is 1.86 bits per heavy atom. The van der Waals surface area contributed by atoms with Crippen LogP contribution in [0.15, 0.2) is 60.9 Å².